The van der Waals surface area contributed by atoms with Crippen LogP contribution in [0.1, 0.15) is 40.5 Å². The lowest BCUT2D eigenvalue weighted by molar-refractivity contribution is 0.852. The van der Waals surface area contributed by atoms with Crippen LogP contribution >= 0.6 is 0 Å². The molecule has 0 saturated heterocycles. The summed E-state index contributed by atoms with van der Waals surface area (Å²) in [6.45, 7) is 12.2. The van der Waals surface area contributed by atoms with Gasteiger partial charge in [-0.2, -0.15) is 0 Å². The third-order valence-electron chi connectivity index (χ3n) is 2.32. The Kier molecular flexibility index (Phi) is 5.36. The van der Waals surface area contributed by atoms with Crippen LogP contribution in [0.2, 0.25) is 0 Å². The second-order valence-corrected chi connectivity index (χ2v) is 3.70. The zero-order chi connectivity index (χ0) is 10.4. The topological polar surface area (TPSA) is 23.9 Å². The minimum Gasteiger partial charge on any atom is -0.309 e. The molecule has 1 atom stereocenters. The summed E-state index contributed by atoms with van der Waals surface area (Å²) in [6.07, 6.45) is 4.24. The smallest absolute Gasteiger partial charge is 0.0145 e. The van der Waals surface area contributed by atoms with Gasteiger partial charge in [-0.1, -0.05) is 37.6 Å². The van der Waals surface area contributed by atoms with Crippen LogP contribution in [0.4, 0.5) is 0 Å². The molecule has 0 radical (unpaired) electrons. The zero-order valence-corrected chi connectivity index (χ0v) is 9.28. The molecule has 13 heavy (non-hydrogen) atoms. The maximum Gasteiger partial charge on any atom is 0.0145 e. The fourth-order valence-electron chi connectivity index (χ4n) is 1.24. The van der Waals surface area contributed by atoms with E-state index in [1.54, 1.807) is 0 Å². The Balaban J connectivity index is 4.15. The highest BCUT2D eigenvalue weighted by Gasteiger charge is 2.08. The first-order valence-corrected chi connectivity index (χ1v) is 4.87. The first-order valence-electron chi connectivity index (χ1n) is 4.87. The minimum absolute atomic E-state index is 0.222. The molecule has 1 nitrogen and oxygen atoms in total. The van der Waals surface area contributed by atoms with E-state index in [1.165, 1.54) is 5.57 Å². The van der Waals surface area contributed by atoms with E-state index in [0.29, 0.717) is 5.71 Å². The monoisotopic (exact) mass is 179 g/mol. The van der Waals surface area contributed by atoms with Crippen LogP contribution in [0.3, 0.4) is 0 Å². The Labute approximate surface area is 82.1 Å². The van der Waals surface area contributed by atoms with Crippen LogP contribution in [0.25, 0.3) is 0 Å². The molecule has 0 aliphatic rings. The van der Waals surface area contributed by atoms with Gasteiger partial charge in [-0.05, 0) is 26.7 Å². The maximum atomic E-state index is 7.50. The van der Waals surface area contributed by atoms with Gasteiger partial charge in [-0.25, -0.2) is 0 Å². The van der Waals surface area contributed by atoms with Crippen molar-refractivity contribution in [1.29, 1.82) is 5.41 Å². The molecule has 0 heterocycles. The average Bonchev–Trinajstić information content (AvgIpc) is 2.03. The molecular weight excluding hydrogens is 158 g/mol. The molecule has 0 aliphatic heterocycles. The van der Waals surface area contributed by atoms with E-state index in [0.717, 1.165) is 18.4 Å². The van der Waals surface area contributed by atoms with Gasteiger partial charge in [-0.3, -0.25) is 0 Å². The molecular formula is C12H21N. The molecule has 0 aromatic rings. The SMILES string of the molecule is C=C(C/C(C)=C/CC)C(C)C(C)=N. The van der Waals surface area contributed by atoms with Gasteiger partial charge in [0.05, 0.1) is 0 Å². The number of hydrogen-bond acceptors (Lipinski definition) is 1. The summed E-state index contributed by atoms with van der Waals surface area (Å²) < 4.78 is 0. The van der Waals surface area contributed by atoms with Gasteiger partial charge in [0.25, 0.3) is 0 Å². The molecule has 0 aromatic heterocycles. The number of allylic oxidation sites excluding steroid dienone is 3. The number of hydrogen-bond donors (Lipinski definition) is 1. The summed E-state index contributed by atoms with van der Waals surface area (Å²) in [5.74, 6) is 0.222. The van der Waals surface area contributed by atoms with Gasteiger partial charge in [0.2, 0.25) is 0 Å². The number of rotatable bonds is 5. The van der Waals surface area contributed by atoms with Gasteiger partial charge in [0.1, 0.15) is 0 Å². The normalized spacial score (nSPS) is 14.0. The molecule has 0 aromatic carbocycles. The van der Waals surface area contributed by atoms with Crippen LogP contribution in [0.5, 0.6) is 0 Å². The van der Waals surface area contributed by atoms with Gasteiger partial charge in [0, 0.05) is 11.6 Å². The summed E-state index contributed by atoms with van der Waals surface area (Å²) in [6, 6.07) is 0. The first kappa shape index (κ1) is 12.2. The van der Waals surface area contributed by atoms with E-state index in [4.69, 9.17) is 5.41 Å². The quantitative estimate of drug-likeness (QED) is 0.488. The summed E-state index contributed by atoms with van der Waals surface area (Å²) >= 11 is 0. The molecule has 0 spiro atoms. The van der Waals surface area contributed by atoms with E-state index in [9.17, 15) is 0 Å². The van der Waals surface area contributed by atoms with Crippen molar-refractivity contribution in [1.82, 2.24) is 0 Å². The van der Waals surface area contributed by atoms with E-state index in [2.05, 4.69) is 26.5 Å². The molecule has 0 aliphatic carbocycles. The van der Waals surface area contributed by atoms with Crippen LogP contribution in [0.15, 0.2) is 23.8 Å². The lowest BCUT2D eigenvalue weighted by Gasteiger charge is -2.13. The summed E-state index contributed by atoms with van der Waals surface area (Å²) in [5, 5.41) is 7.50. The van der Waals surface area contributed by atoms with Crippen molar-refractivity contribution >= 4 is 5.71 Å². The summed E-state index contributed by atoms with van der Waals surface area (Å²) in [4.78, 5) is 0. The number of nitrogens with one attached hydrogen (secondary N) is 1. The fraction of sp³-hybridized carbons (Fsp3) is 0.583. The third-order valence-corrected chi connectivity index (χ3v) is 2.32. The van der Waals surface area contributed by atoms with E-state index >= 15 is 0 Å². The summed E-state index contributed by atoms with van der Waals surface area (Å²) in [5.41, 5.74) is 3.21. The van der Waals surface area contributed by atoms with E-state index in [1.807, 2.05) is 13.8 Å². The van der Waals surface area contributed by atoms with E-state index in [-0.39, 0.29) is 5.92 Å². The molecule has 0 bridgehead atoms. The van der Waals surface area contributed by atoms with Gasteiger partial charge in [-0.15, -0.1) is 0 Å². The van der Waals surface area contributed by atoms with Crippen molar-refractivity contribution in [3.8, 4) is 0 Å². The highest BCUT2D eigenvalue weighted by molar-refractivity contribution is 5.83. The van der Waals surface area contributed by atoms with Crippen LogP contribution in [-0.4, -0.2) is 5.71 Å². The lowest BCUT2D eigenvalue weighted by Crippen LogP contribution is -2.08. The van der Waals surface area contributed by atoms with Crippen molar-refractivity contribution in [3.63, 3.8) is 0 Å². The summed E-state index contributed by atoms with van der Waals surface area (Å²) in [7, 11) is 0. The van der Waals surface area contributed by atoms with Crippen molar-refractivity contribution in [2.45, 2.75) is 40.5 Å². The predicted octanol–water partition coefficient (Wildman–Crippen LogP) is 3.96. The van der Waals surface area contributed by atoms with E-state index < -0.39 is 0 Å². The standard InChI is InChI=1S/C12H21N/c1-6-7-9(2)8-10(3)11(4)12(5)13/h7,11,13H,3,6,8H2,1-2,4-5H3/b9-7+,13-12?. The van der Waals surface area contributed by atoms with Crippen molar-refractivity contribution in [2.24, 2.45) is 5.92 Å². The van der Waals surface area contributed by atoms with Gasteiger partial charge >= 0.3 is 0 Å². The maximum absolute atomic E-state index is 7.50. The van der Waals surface area contributed by atoms with Crippen LogP contribution in [-0.2, 0) is 0 Å². The van der Waals surface area contributed by atoms with Gasteiger partial charge < -0.3 is 5.41 Å². The second-order valence-electron chi connectivity index (χ2n) is 3.70. The molecule has 1 unspecified atom stereocenters. The Morgan fingerprint density at radius 1 is 1.46 bits per heavy atom. The first-order chi connectivity index (χ1) is 5.99. The van der Waals surface area contributed by atoms with Crippen molar-refractivity contribution in [2.75, 3.05) is 0 Å². The Bertz CT molecular complexity index is 223. The third kappa shape index (κ3) is 4.66. The van der Waals surface area contributed by atoms with Gasteiger partial charge in [0.15, 0.2) is 0 Å². The highest BCUT2D eigenvalue weighted by Crippen LogP contribution is 2.18. The fourth-order valence-corrected chi connectivity index (χ4v) is 1.24. The molecule has 0 rings (SSSR count). The highest BCUT2D eigenvalue weighted by atomic mass is 14.4. The molecule has 74 valence electrons. The second kappa shape index (κ2) is 5.74. The van der Waals surface area contributed by atoms with Crippen LogP contribution in [0, 0.1) is 11.3 Å². The Morgan fingerprint density at radius 3 is 2.38 bits per heavy atom. The average molecular weight is 179 g/mol. The predicted molar refractivity (Wildman–Crippen MR) is 60.4 cm³/mol. The molecule has 0 fully saturated rings. The molecule has 0 amide bonds. The van der Waals surface area contributed by atoms with Crippen molar-refractivity contribution < 1.29 is 0 Å². The Morgan fingerprint density at radius 2 is 2.00 bits per heavy atom. The Hall–Kier alpha value is -0.850. The molecule has 0 saturated carbocycles. The van der Waals surface area contributed by atoms with Crippen LogP contribution < -0.4 is 0 Å². The minimum atomic E-state index is 0.222. The molecule has 1 heteroatoms. The lowest BCUT2D eigenvalue weighted by atomic mass is 9.93. The van der Waals surface area contributed by atoms with Crippen molar-refractivity contribution in [3.05, 3.63) is 23.8 Å². The zero-order valence-electron chi connectivity index (χ0n) is 9.28. The largest absolute Gasteiger partial charge is 0.309 e. The molecule has 1 N–H and O–H groups in total.